The van der Waals surface area contributed by atoms with Gasteiger partial charge in [0.2, 0.25) is 0 Å². The van der Waals surface area contributed by atoms with Crippen molar-refractivity contribution in [1.82, 2.24) is 4.90 Å². The number of carbonyl (C=O) groups excluding carboxylic acids is 2. The Balaban J connectivity index is 1.83. The molecule has 1 atom stereocenters. The second-order valence-corrected chi connectivity index (χ2v) is 7.65. The number of ketones is 1. The lowest BCUT2D eigenvalue weighted by Crippen LogP contribution is -2.29. The van der Waals surface area contributed by atoms with Crippen molar-refractivity contribution in [3.8, 4) is 0 Å². The Morgan fingerprint density at radius 1 is 0.935 bits per heavy atom. The average Bonchev–Trinajstić information content (AvgIpc) is 3.41. The maximum Gasteiger partial charge on any atom is 0.296 e. The monoisotopic (exact) mass is 415 g/mol. The van der Waals surface area contributed by atoms with Gasteiger partial charge in [-0.15, -0.1) is 0 Å². The van der Waals surface area contributed by atoms with Gasteiger partial charge in [-0.3, -0.25) is 9.59 Å². The van der Waals surface area contributed by atoms with Crippen LogP contribution in [0.3, 0.4) is 0 Å². The molecule has 1 aromatic heterocycles. The fourth-order valence-corrected chi connectivity index (χ4v) is 3.95. The van der Waals surface area contributed by atoms with Gasteiger partial charge in [-0.25, -0.2) is 0 Å². The lowest BCUT2D eigenvalue weighted by Gasteiger charge is -2.24. The normalized spacial score (nSPS) is 18.0. The van der Waals surface area contributed by atoms with Gasteiger partial charge in [0.05, 0.1) is 24.4 Å². The first-order valence-corrected chi connectivity index (χ1v) is 10.5. The lowest BCUT2D eigenvalue weighted by molar-refractivity contribution is -0.140. The number of hydrogen-bond acceptors (Lipinski definition) is 4. The van der Waals surface area contributed by atoms with Crippen molar-refractivity contribution >= 4 is 17.4 Å². The summed E-state index contributed by atoms with van der Waals surface area (Å²) in [5.74, 6) is -0.919. The molecule has 0 aliphatic carbocycles. The number of rotatable bonds is 6. The van der Waals surface area contributed by atoms with Crippen LogP contribution in [0.25, 0.3) is 5.76 Å². The highest BCUT2D eigenvalue weighted by Crippen LogP contribution is 2.40. The Hall–Kier alpha value is -3.60. The Labute approximate surface area is 181 Å². The topological polar surface area (TPSA) is 70.8 Å². The molecule has 158 valence electrons. The number of Topliss-reactive ketones (excluding diaryl/α,β-unsaturated/α-hetero) is 1. The Morgan fingerprint density at radius 3 is 2.10 bits per heavy atom. The fraction of sp³-hybridized carbons (Fsp3) is 0.231. The molecule has 1 saturated heterocycles. The summed E-state index contributed by atoms with van der Waals surface area (Å²) in [5.41, 5.74) is 3.67. The predicted molar refractivity (Wildman–Crippen MR) is 118 cm³/mol. The number of likely N-dealkylation sites (tertiary alicyclic amines) is 1. The van der Waals surface area contributed by atoms with E-state index in [0.29, 0.717) is 11.3 Å². The second kappa shape index (κ2) is 8.64. The molecule has 0 radical (unpaired) electrons. The maximum absolute atomic E-state index is 13.0. The zero-order chi connectivity index (χ0) is 22.0. The Morgan fingerprint density at radius 2 is 1.55 bits per heavy atom. The van der Waals surface area contributed by atoms with Crippen molar-refractivity contribution in [3.05, 3.63) is 101 Å². The summed E-state index contributed by atoms with van der Waals surface area (Å²) in [6, 6.07) is 18.0. The van der Waals surface area contributed by atoms with Crippen LogP contribution in [0, 0.1) is 0 Å². The third-order valence-corrected chi connectivity index (χ3v) is 5.79. The van der Waals surface area contributed by atoms with E-state index in [1.165, 1.54) is 11.2 Å². The number of aliphatic hydroxyl groups excluding tert-OH is 1. The smallest absolute Gasteiger partial charge is 0.296 e. The molecule has 0 bridgehead atoms. The predicted octanol–water partition coefficient (Wildman–Crippen LogP) is 5.03. The quantitative estimate of drug-likeness (QED) is 0.348. The molecule has 0 spiro atoms. The zero-order valence-corrected chi connectivity index (χ0v) is 17.7. The number of carbonyl (C=O) groups is 2. The van der Waals surface area contributed by atoms with Crippen LogP contribution < -0.4 is 0 Å². The maximum atomic E-state index is 13.0. The number of benzene rings is 2. The van der Waals surface area contributed by atoms with Crippen LogP contribution in [-0.2, 0) is 29.0 Å². The molecule has 1 fully saturated rings. The van der Waals surface area contributed by atoms with E-state index in [1.54, 1.807) is 24.3 Å². The molecule has 0 saturated carbocycles. The van der Waals surface area contributed by atoms with Gasteiger partial charge >= 0.3 is 0 Å². The third kappa shape index (κ3) is 3.91. The molecule has 1 N–H and O–H groups in total. The zero-order valence-electron chi connectivity index (χ0n) is 17.7. The molecular weight excluding hydrogens is 390 g/mol. The molecule has 1 aliphatic rings. The molecule has 5 nitrogen and oxygen atoms in total. The number of furan rings is 1. The first-order valence-electron chi connectivity index (χ1n) is 10.5. The molecule has 5 heteroatoms. The van der Waals surface area contributed by atoms with Gasteiger partial charge in [0.1, 0.15) is 11.5 Å². The van der Waals surface area contributed by atoms with E-state index in [0.717, 1.165) is 29.5 Å². The van der Waals surface area contributed by atoms with E-state index in [9.17, 15) is 14.7 Å². The molecule has 2 heterocycles. The van der Waals surface area contributed by atoms with Crippen LogP contribution in [0.5, 0.6) is 0 Å². The number of nitrogens with zero attached hydrogens (tertiary/aromatic N) is 1. The van der Waals surface area contributed by atoms with E-state index in [2.05, 4.69) is 13.8 Å². The number of hydrogen-bond donors (Lipinski definition) is 1. The summed E-state index contributed by atoms with van der Waals surface area (Å²) < 4.78 is 5.42. The van der Waals surface area contributed by atoms with Crippen molar-refractivity contribution in [3.63, 3.8) is 0 Å². The first kappa shape index (κ1) is 20.7. The lowest BCUT2D eigenvalue weighted by atomic mass is 9.94. The summed E-state index contributed by atoms with van der Waals surface area (Å²) >= 11 is 0. The molecule has 1 amide bonds. The summed E-state index contributed by atoms with van der Waals surface area (Å²) in [5, 5.41) is 11.1. The second-order valence-electron chi connectivity index (χ2n) is 7.65. The highest BCUT2D eigenvalue weighted by Gasteiger charge is 2.46. The van der Waals surface area contributed by atoms with E-state index in [-0.39, 0.29) is 17.9 Å². The van der Waals surface area contributed by atoms with Gasteiger partial charge in [0, 0.05) is 5.56 Å². The molecular formula is C26H25NO4. The molecule has 3 aromatic rings. The first-order chi connectivity index (χ1) is 15.0. The van der Waals surface area contributed by atoms with Crippen molar-refractivity contribution in [2.24, 2.45) is 0 Å². The van der Waals surface area contributed by atoms with E-state index in [4.69, 9.17) is 4.42 Å². The molecule has 1 aliphatic heterocycles. The van der Waals surface area contributed by atoms with E-state index in [1.807, 2.05) is 36.4 Å². The standard InChI is InChI=1S/C26H25NO4/c1-3-17-7-11-19(12-8-17)23-22(24(28)20-13-9-18(4-2)10-14-20)25(29)26(30)27(23)16-21-6-5-15-31-21/h5-15,23,28H,3-4,16H2,1-2H3/b24-22-. The third-order valence-electron chi connectivity index (χ3n) is 5.79. The van der Waals surface area contributed by atoms with Crippen molar-refractivity contribution < 1.29 is 19.1 Å². The van der Waals surface area contributed by atoms with Crippen molar-refractivity contribution in [2.75, 3.05) is 0 Å². The van der Waals surface area contributed by atoms with Gasteiger partial charge in [-0.2, -0.15) is 0 Å². The molecule has 1 unspecified atom stereocenters. The van der Waals surface area contributed by atoms with Gasteiger partial charge < -0.3 is 14.4 Å². The minimum Gasteiger partial charge on any atom is -0.507 e. The van der Waals surface area contributed by atoms with Gasteiger partial charge in [0.15, 0.2) is 0 Å². The number of amides is 1. The number of aryl methyl sites for hydroxylation is 2. The van der Waals surface area contributed by atoms with Gasteiger partial charge in [0.25, 0.3) is 11.7 Å². The molecule has 31 heavy (non-hydrogen) atoms. The largest absolute Gasteiger partial charge is 0.507 e. The number of aliphatic hydroxyl groups is 1. The van der Waals surface area contributed by atoms with Crippen LogP contribution in [-0.4, -0.2) is 21.7 Å². The average molecular weight is 415 g/mol. The summed E-state index contributed by atoms with van der Waals surface area (Å²) in [7, 11) is 0. The highest BCUT2D eigenvalue weighted by molar-refractivity contribution is 6.46. The minimum atomic E-state index is -0.693. The van der Waals surface area contributed by atoms with Crippen LogP contribution in [0.4, 0.5) is 0 Å². The molecule has 4 rings (SSSR count). The fourth-order valence-electron chi connectivity index (χ4n) is 3.95. The summed E-state index contributed by atoms with van der Waals surface area (Å²) in [6.07, 6.45) is 3.29. The van der Waals surface area contributed by atoms with Crippen LogP contribution >= 0.6 is 0 Å². The van der Waals surface area contributed by atoms with E-state index < -0.39 is 17.7 Å². The van der Waals surface area contributed by atoms with E-state index >= 15 is 0 Å². The van der Waals surface area contributed by atoms with Crippen LogP contribution in [0.15, 0.2) is 76.9 Å². The highest BCUT2D eigenvalue weighted by atomic mass is 16.3. The van der Waals surface area contributed by atoms with Crippen LogP contribution in [0.1, 0.15) is 47.9 Å². The Kier molecular flexibility index (Phi) is 5.76. The van der Waals surface area contributed by atoms with Gasteiger partial charge in [-0.1, -0.05) is 62.4 Å². The van der Waals surface area contributed by atoms with Crippen LogP contribution in [0.2, 0.25) is 0 Å². The summed E-state index contributed by atoms with van der Waals surface area (Å²) in [6.45, 7) is 4.26. The minimum absolute atomic E-state index is 0.102. The Bertz CT molecular complexity index is 1110. The molecule has 2 aromatic carbocycles. The van der Waals surface area contributed by atoms with Gasteiger partial charge in [-0.05, 0) is 41.7 Å². The SMILES string of the molecule is CCc1ccc(/C(O)=C2/C(=O)C(=O)N(Cc3ccco3)C2c2ccc(CC)cc2)cc1. The van der Waals surface area contributed by atoms with Crippen molar-refractivity contribution in [1.29, 1.82) is 0 Å². The summed E-state index contributed by atoms with van der Waals surface area (Å²) in [4.78, 5) is 27.5. The van der Waals surface area contributed by atoms with Crippen molar-refractivity contribution in [2.45, 2.75) is 39.3 Å².